The van der Waals surface area contributed by atoms with Gasteiger partial charge in [-0.1, -0.05) is 0 Å². The fraction of sp³-hybridized carbons (Fsp3) is 0.769. The van der Waals surface area contributed by atoms with E-state index < -0.39 is 0 Å². The SMILES string of the molecule is CCn1cnnc1CCNC(=O)C[C@H]1CCCOC1. The van der Waals surface area contributed by atoms with Crippen molar-refractivity contribution < 1.29 is 9.53 Å². The highest BCUT2D eigenvalue weighted by molar-refractivity contribution is 5.76. The van der Waals surface area contributed by atoms with Gasteiger partial charge in [0.2, 0.25) is 5.91 Å². The van der Waals surface area contributed by atoms with E-state index in [9.17, 15) is 4.79 Å². The number of aryl methyl sites for hydroxylation is 1. The van der Waals surface area contributed by atoms with Gasteiger partial charge in [-0.05, 0) is 25.7 Å². The lowest BCUT2D eigenvalue weighted by molar-refractivity contribution is -0.123. The van der Waals surface area contributed by atoms with Gasteiger partial charge in [-0.15, -0.1) is 10.2 Å². The van der Waals surface area contributed by atoms with Crippen molar-refractivity contribution in [3.05, 3.63) is 12.2 Å². The number of nitrogens with zero attached hydrogens (tertiary/aromatic N) is 3. The minimum absolute atomic E-state index is 0.109. The number of nitrogens with one attached hydrogen (secondary N) is 1. The minimum Gasteiger partial charge on any atom is -0.381 e. The number of carbonyl (C=O) groups excluding carboxylic acids is 1. The number of hydrogen-bond donors (Lipinski definition) is 1. The highest BCUT2D eigenvalue weighted by Crippen LogP contribution is 2.16. The first-order valence-corrected chi connectivity index (χ1v) is 7.00. The Kier molecular flexibility index (Phi) is 5.32. The van der Waals surface area contributed by atoms with Gasteiger partial charge >= 0.3 is 0 Å². The molecule has 1 fully saturated rings. The molecule has 6 heteroatoms. The van der Waals surface area contributed by atoms with Crippen molar-refractivity contribution in [3.8, 4) is 0 Å². The van der Waals surface area contributed by atoms with E-state index in [0.29, 0.717) is 18.9 Å². The van der Waals surface area contributed by atoms with Gasteiger partial charge in [-0.2, -0.15) is 0 Å². The number of aromatic nitrogens is 3. The number of amides is 1. The Morgan fingerprint density at radius 1 is 1.63 bits per heavy atom. The molecule has 0 aromatic carbocycles. The van der Waals surface area contributed by atoms with Crippen LogP contribution in [-0.4, -0.2) is 40.4 Å². The van der Waals surface area contributed by atoms with Crippen molar-refractivity contribution in [1.29, 1.82) is 0 Å². The number of ether oxygens (including phenoxy) is 1. The molecule has 0 bridgehead atoms. The molecule has 2 rings (SSSR count). The largest absolute Gasteiger partial charge is 0.381 e. The third-order valence-electron chi connectivity index (χ3n) is 3.44. The first kappa shape index (κ1) is 14.0. The highest BCUT2D eigenvalue weighted by Gasteiger charge is 2.17. The number of rotatable bonds is 6. The Bertz CT molecular complexity index is 399. The zero-order valence-electron chi connectivity index (χ0n) is 11.5. The first-order valence-electron chi connectivity index (χ1n) is 7.00. The summed E-state index contributed by atoms with van der Waals surface area (Å²) in [6.07, 6.45) is 5.17. The van der Waals surface area contributed by atoms with Crippen LogP contribution in [0.5, 0.6) is 0 Å². The molecule has 0 spiro atoms. The third-order valence-corrected chi connectivity index (χ3v) is 3.44. The van der Waals surface area contributed by atoms with Crippen LogP contribution < -0.4 is 5.32 Å². The van der Waals surface area contributed by atoms with Crippen LogP contribution in [-0.2, 0) is 22.5 Å². The summed E-state index contributed by atoms with van der Waals surface area (Å²) in [6, 6.07) is 0. The predicted molar refractivity (Wildman–Crippen MR) is 70.6 cm³/mol. The second-order valence-corrected chi connectivity index (χ2v) is 4.92. The molecule has 0 aliphatic carbocycles. The standard InChI is InChI=1S/C13H22N4O2/c1-2-17-10-15-16-12(17)5-6-14-13(18)8-11-4-3-7-19-9-11/h10-11H,2-9H2,1H3,(H,14,18)/t11-/m1/s1. The van der Waals surface area contributed by atoms with Gasteiger partial charge < -0.3 is 14.6 Å². The molecule has 106 valence electrons. The summed E-state index contributed by atoms with van der Waals surface area (Å²) < 4.78 is 7.36. The molecule has 1 aromatic rings. The number of hydrogen-bond acceptors (Lipinski definition) is 4. The zero-order valence-corrected chi connectivity index (χ0v) is 11.5. The fourth-order valence-electron chi connectivity index (χ4n) is 2.35. The summed E-state index contributed by atoms with van der Waals surface area (Å²) >= 11 is 0. The molecule has 1 aromatic heterocycles. The van der Waals surface area contributed by atoms with E-state index in [4.69, 9.17) is 4.74 Å². The highest BCUT2D eigenvalue weighted by atomic mass is 16.5. The molecule has 6 nitrogen and oxygen atoms in total. The molecule has 2 heterocycles. The van der Waals surface area contributed by atoms with Crippen molar-refractivity contribution in [2.45, 2.75) is 39.2 Å². The minimum atomic E-state index is 0.109. The van der Waals surface area contributed by atoms with Crippen molar-refractivity contribution in [2.24, 2.45) is 5.92 Å². The van der Waals surface area contributed by atoms with Crippen molar-refractivity contribution in [1.82, 2.24) is 20.1 Å². The Labute approximate surface area is 113 Å². The second kappa shape index (κ2) is 7.23. The van der Waals surface area contributed by atoms with Crippen LogP contribution in [0.3, 0.4) is 0 Å². The van der Waals surface area contributed by atoms with E-state index in [1.165, 1.54) is 0 Å². The summed E-state index contributed by atoms with van der Waals surface area (Å²) in [5.41, 5.74) is 0. The maximum absolute atomic E-state index is 11.8. The molecule has 1 aliphatic heterocycles. The van der Waals surface area contributed by atoms with Crippen LogP contribution in [0.25, 0.3) is 0 Å². The normalized spacial score (nSPS) is 19.3. The van der Waals surface area contributed by atoms with E-state index in [1.54, 1.807) is 6.33 Å². The van der Waals surface area contributed by atoms with Gasteiger partial charge in [0.15, 0.2) is 0 Å². The molecule has 0 radical (unpaired) electrons. The first-order chi connectivity index (χ1) is 9.29. The zero-order chi connectivity index (χ0) is 13.5. The molecular formula is C13H22N4O2. The second-order valence-electron chi connectivity index (χ2n) is 4.92. The Hall–Kier alpha value is -1.43. The van der Waals surface area contributed by atoms with E-state index in [-0.39, 0.29) is 5.91 Å². The fourth-order valence-corrected chi connectivity index (χ4v) is 2.35. The Morgan fingerprint density at radius 2 is 2.53 bits per heavy atom. The van der Waals surface area contributed by atoms with Crippen molar-refractivity contribution in [2.75, 3.05) is 19.8 Å². The molecule has 0 unspecified atom stereocenters. The predicted octanol–water partition coefficient (Wildman–Crippen LogP) is 0.773. The molecule has 1 amide bonds. The van der Waals surface area contributed by atoms with Crippen molar-refractivity contribution in [3.63, 3.8) is 0 Å². The van der Waals surface area contributed by atoms with Crippen LogP contribution in [0.1, 0.15) is 32.0 Å². The lowest BCUT2D eigenvalue weighted by atomic mass is 9.98. The van der Waals surface area contributed by atoms with Gasteiger partial charge in [0.1, 0.15) is 12.2 Å². The topological polar surface area (TPSA) is 69.0 Å². The van der Waals surface area contributed by atoms with Crippen molar-refractivity contribution >= 4 is 5.91 Å². The summed E-state index contributed by atoms with van der Waals surface area (Å²) in [6.45, 7) is 5.08. The molecule has 0 saturated carbocycles. The average molecular weight is 266 g/mol. The lowest BCUT2D eigenvalue weighted by Crippen LogP contribution is -2.30. The average Bonchev–Trinajstić information content (AvgIpc) is 2.87. The molecule has 19 heavy (non-hydrogen) atoms. The summed E-state index contributed by atoms with van der Waals surface area (Å²) in [4.78, 5) is 11.8. The van der Waals surface area contributed by atoms with Gasteiger partial charge in [-0.25, -0.2) is 0 Å². The third kappa shape index (κ3) is 4.31. The number of carbonyl (C=O) groups is 1. The Balaban J connectivity index is 1.66. The summed E-state index contributed by atoms with van der Waals surface area (Å²) in [5.74, 6) is 1.41. The molecule has 1 saturated heterocycles. The van der Waals surface area contributed by atoms with E-state index in [1.807, 2.05) is 4.57 Å². The van der Waals surface area contributed by atoms with Gasteiger partial charge in [-0.3, -0.25) is 4.79 Å². The summed E-state index contributed by atoms with van der Waals surface area (Å²) in [7, 11) is 0. The quantitative estimate of drug-likeness (QED) is 0.826. The molecular weight excluding hydrogens is 244 g/mol. The monoisotopic (exact) mass is 266 g/mol. The maximum atomic E-state index is 11.8. The van der Waals surface area contributed by atoms with Gasteiger partial charge in [0.05, 0.1) is 0 Å². The summed E-state index contributed by atoms with van der Waals surface area (Å²) in [5, 5.41) is 10.9. The van der Waals surface area contributed by atoms with E-state index >= 15 is 0 Å². The van der Waals surface area contributed by atoms with E-state index in [2.05, 4.69) is 22.4 Å². The molecule has 1 atom stereocenters. The maximum Gasteiger partial charge on any atom is 0.220 e. The van der Waals surface area contributed by atoms with Crippen LogP contribution >= 0.6 is 0 Å². The smallest absolute Gasteiger partial charge is 0.220 e. The Morgan fingerprint density at radius 3 is 3.26 bits per heavy atom. The lowest BCUT2D eigenvalue weighted by Gasteiger charge is -2.21. The van der Waals surface area contributed by atoms with Gasteiger partial charge in [0, 0.05) is 39.1 Å². The van der Waals surface area contributed by atoms with Crippen LogP contribution in [0.15, 0.2) is 6.33 Å². The molecule has 1 N–H and O–H groups in total. The molecule has 1 aliphatic rings. The van der Waals surface area contributed by atoms with Gasteiger partial charge in [0.25, 0.3) is 0 Å². The van der Waals surface area contributed by atoms with Crippen LogP contribution in [0, 0.1) is 5.92 Å². The van der Waals surface area contributed by atoms with E-state index in [0.717, 1.165) is 44.8 Å². The van der Waals surface area contributed by atoms with Crippen LogP contribution in [0.2, 0.25) is 0 Å². The van der Waals surface area contributed by atoms with Crippen LogP contribution in [0.4, 0.5) is 0 Å².